The lowest BCUT2D eigenvalue weighted by atomic mass is 9.57. The van der Waals surface area contributed by atoms with Gasteiger partial charge in [0.2, 0.25) is 5.78 Å². The molecule has 1 fully saturated rings. The highest BCUT2D eigenvalue weighted by Crippen LogP contribution is 2.53. The average Bonchev–Trinajstić information content (AvgIpc) is 2.75. The van der Waals surface area contributed by atoms with Crippen molar-refractivity contribution in [2.45, 2.75) is 38.3 Å². The molecule has 0 heterocycles. The summed E-state index contributed by atoms with van der Waals surface area (Å²) in [5, 5.41) is 44.4. The van der Waals surface area contributed by atoms with Crippen LogP contribution in [0.5, 0.6) is 5.75 Å². The van der Waals surface area contributed by atoms with Crippen LogP contribution in [0.25, 0.3) is 5.76 Å². The quantitative estimate of drug-likeness (QED) is 0.286. The summed E-state index contributed by atoms with van der Waals surface area (Å²) in [5.41, 5.74) is 1.04. The van der Waals surface area contributed by atoms with Crippen molar-refractivity contribution in [3.8, 4) is 5.75 Å². The number of aromatic hydroxyl groups is 1. The molecule has 11 nitrogen and oxygen atoms in total. The zero-order valence-corrected chi connectivity index (χ0v) is 20.1. The van der Waals surface area contributed by atoms with Crippen LogP contribution in [0.2, 0.25) is 0 Å². The minimum absolute atomic E-state index is 0.0325. The Kier molecular flexibility index (Phi) is 5.69. The number of fused-ring (bicyclic) bond motifs is 3. The maximum atomic E-state index is 13.8. The summed E-state index contributed by atoms with van der Waals surface area (Å²) in [6, 6.07) is 0.0293. The van der Waals surface area contributed by atoms with Crippen LogP contribution < -0.4 is 5.73 Å². The number of primary amides is 1. The highest BCUT2D eigenvalue weighted by atomic mass is 16.3. The standard InChI is InChI=1S/C25H26N2O9/c1-8(28)11-7-12(9(2)29)19(30)16-13(11)5-10-6-14-18(27(3)4)21(32)17(24(26)35)23(34)25(14,36)22(33)15(10)20(16)31/h7,10,14,18,30-31,34,36H,5-6H2,1-4H3,(H2,26,35)/t10-,14-,18+,25-/m0/s1. The Morgan fingerprint density at radius 1 is 1.06 bits per heavy atom. The van der Waals surface area contributed by atoms with Crippen molar-refractivity contribution in [3.05, 3.63) is 45.2 Å². The van der Waals surface area contributed by atoms with Crippen LogP contribution in [-0.4, -0.2) is 80.1 Å². The molecule has 0 unspecified atom stereocenters. The van der Waals surface area contributed by atoms with Gasteiger partial charge in [-0.3, -0.25) is 28.9 Å². The van der Waals surface area contributed by atoms with Crippen molar-refractivity contribution < 1.29 is 44.4 Å². The van der Waals surface area contributed by atoms with E-state index in [1.807, 2.05) is 0 Å². The van der Waals surface area contributed by atoms with E-state index in [-0.39, 0.29) is 40.7 Å². The lowest BCUT2D eigenvalue weighted by molar-refractivity contribution is -0.153. The molecular formula is C25H26N2O9. The number of phenols is 1. The van der Waals surface area contributed by atoms with Crippen LogP contribution in [0.15, 0.2) is 23.0 Å². The van der Waals surface area contributed by atoms with Gasteiger partial charge >= 0.3 is 0 Å². The molecule has 6 N–H and O–H groups in total. The number of rotatable bonds is 4. The average molecular weight is 498 g/mol. The molecule has 4 rings (SSSR count). The number of carbonyl (C=O) groups excluding carboxylic acids is 5. The van der Waals surface area contributed by atoms with Gasteiger partial charge in [0.25, 0.3) is 5.91 Å². The van der Waals surface area contributed by atoms with E-state index in [4.69, 9.17) is 5.73 Å². The first kappa shape index (κ1) is 25.3. The molecule has 0 spiro atoms. The van der Waals surface area contributed by atoms with Crippen molar-refractivity contribution >= 4 is 34.8 Å². The van der Waals surface area contributed by atoms with Crippen LogP contribution in [0, 0.1) is 11.8 Å². The van der Waals surface area contributed by atoms with Crippen molar-refractivity contribution in [1.82, 2.24) is 4.90 Å². The fraction of sp³-hybridized carbons (Fsp3) is 0.400. The van der Waals surface area contributed by atoms with Gasteiger partial charge in [-0.1, -0.05) is 0 Å². The number of hydrogen-bond donors (Lipinski definition) is 5. The van der Waals surface area contributed by atoms with Gasteiger partial charge < -0.3 is 26.2 Å². The molecule has 1 amide bonds. The number of phenolic OH excluding ortho intramolecular Hbond substituents is 1. The van der Waals surface area contributed by atoms with Crippen LogP contribution >= 0.6 is 0 Å². The van der Waals surface area contributed by atoms with Gasteiger partial charge in [-0.2, -0.15) is 0 Å². The number of ketones is 4. The Labute approximate surface area is 205 Å². The van der Waals surface area contributed by atoms with Crippen LogP contribution in [0.1, 0.15) is 52.1 Å². The molecule has 1 saturated carbocycles. The molecule has 1 aromatic rings. The Morgan fingerprint density at radius 3 is 2.14 bits per heavy atom. The van der Waals surface area contributed by atoms with E-state index in [9.17, 15) is 44.4 Å². The lowest BCUT2D eigenvalue weighted by Gasteiger charge is -2.50. The van der Waals surface area contributed by atoms with Crippen molar-refractivity contribution in [2.24, 2.45) is 17.6 Å². The number of nitrogens with zero attached hydrogens (tertiary/aromatic N) is 1. The van der Waals surface area contributed by atoms with Crippen molar-refractivity contribution in [1.29, 1.82) is 0 Å². The Hall–Kier alpha value is -3.83. The molecule has 4 atom stereocenters. The summed E-state index contributed by atoms with van der Waals surface area (Å²) in [7, 11) is 3.01. The first-order valence-corrected chi connectivity index (χ1v) is 11.2. The summed E-state index contributed by atoms with van der Waals surface area (Å²) in [6.07, 6.45) is -0.131. The molecule has 0 bridgehead atoms. The number of nitrogens with two attached hydrogens (primary N) is 1. The molecular weight excluding hydrogens is 472 g/mol. The monoisotopic (exact) mass is 498 g/mol. The van der Waals surface area contributed by atoms with E-state index < -0.39 is 75.4 Å². The predicted molar refractivity (Wildman–Crippen MR) is 124 cm³/mol. The second-order valence-corrected chi connectivity index (χ2v) is 9.75. The number of amides is 1. The molecule has 0 radical (unpaired) electrons. The number of Topliss-reactive ketones (excluding diaryl/α,β-unsaturated/α-hetero) is 4. The van der Waals surface area contributed by atoms with E-state index >= 15 is 0 Å². The van der Waals surface area contributed by atoms with E-state index in [1.54, 1.807) is 0 Å². The third-order valence-corrected chi connectivity index (χ3v) is 7.48. The molecule has 11 heteroatoms. The van der Waals surface area contributed by atoms with Gasteiger partial charge in [-0.25, -0.2) is 0 Å². The van der Waals surface area contributed by atoms with E-state index in [1.165, 1.54) is 32.0 Å². The summed E-state index contributed by atoms with van der Waals surface area (Å²) < 4.78 is 0. The second kappa shape index (κ2) is 8.10. The second-order valence-electron chi connectivity index (χ2n) is 9.75. The molecule has 0 aliphatic heterocycles. The maximum absolute atomic E-state index is 13.8. The Bertz CT molecular complexity index is 1350. The molecule has 0 saturated heterocycles. The molecule has 1 aromatic carbocycles. The number of aliphatic hydroxyl groups excluding tert-OH is 2. The summed E-state index contributed by atoms with van der Waals surface area (Å²) in [6.45, 7) is 2.42. The first-order valence-electron chi connectivity index (χ1n) is 11.2. The number of benzene rings is 1. The highest BCUT2D eigenvalue weighted by Gasteiger charge is 2.64. The number of likely N-dealkylation sites (N-methyl/N-ethyl adjacent to an activating group) is 1. The molecule has 3 aliphatic carbocycles. The molecule has 3 aliphatic rings. The van der Waals surface area contributed by atoms with Crippen LogP contribution in [0.4, 0.5) is 0 Å². The SMILES string of the molecule is CC(=O)c1cc(C(C)=O)c2c(c1O)C(O)=C1C(=O)[C@]3(O)C(O)=C(C(N)=O)C(=O)[C@H](N(C)C)[C@@H]3C[C@@H]1C2. The minimum atomic E-state index is -2.76. The lowest BCUT2D eigenvalue weighted by Crippen LogP contribution is -2.65. The normalized spacial score (nSPS) is 27.6. The van der Waals surface area contributed by atoms with Gasteiger partial charge in [-0.05, 0) is 58.3 Å². The number of aliphatic hydroxyl groups is 3. The van der Waals surface area contributed by atoms with Gasteiger partial charge in [0.15, 0.2) is 23.0 Å². The van der Waals surface area contributed by atoms with Crippen molar-refractivity contribution in [3.63, 3.8) is 0 Å². The number of carbonyl (C=O) groups is 5. The van der Waals surface area contributed by atoms with Gasteiger partial charge in [0.05, 0.1) is 17.2 Å². The largest absolute Gasteiger partial charge is 0.508 e. The van der Waals surface area contributed by atoms with Gasteiger partial charge in [0, 0.05) is 17.1 Å². The van der Waals surface area contributed by atoms with E-state index in [2.05, 4.69) is 0 Å². The Morgan fingerprint density at radius 2 is 1.64 bits per heavy atom. The third kappa shape index (κ3) is 3.16. The summed E-state index contributed by atoms with van der Waals surface area (Å²) in [5.74, 6) is -8.97. The summed E-state index contributed by atoms with van der Waals surface area (Å²) >= 11 is 0. The van der Waals surface area contributed by atoms with E-state index in [0.29, 0.717) is 0 Å². The van der Waals surface area contributed by atoms with Crippen LogP contribution in [0.3, 0.4) is 0 Å². The summed E-state index contributed by atoms with van der Waals surface area (Å²) in [4.78, 5) is 64.8. The smallest absolute Gasteiger partial charge is 0.255 e. The Balaban J connectivity index is 2.04. The first-order chi connectivity index (χ1) is 16.7. The highest BCUT2D eigenvalue weighted by molar-refractivity contribution is 6.24. The van der Waals surface area contributed by atoms with Crippen molar-refractivity contribution in [2.75, 3.05) is 14.1 Å². The molecule has 190 valence electrons. The van der Waals surface area contributed by atoms with E-state index in [0.717, 1.165) is 6.92 Å². The maximum Gasteiger partial charge on any atom is 0.255 e. The van der Waals surface area contributed by atoms with Crippen LogP contribution in [-0.2, 0) is 20.8 Å². The fourth-order valence-corrected chi connectivity index (χ4v) is 5.89. The zero-order valence-electron chi connectivity index (χ0n) is 20.1. The minimum Gasteiger partial charge on any atom is -0.508 e. The topological polar surface area (TPSA) is 196 Å². The zero-order chi connectivity index (χ0) is 27.0. The van der Waals surface area contributed by atoms with Gasteiger partial charge in [-0.15, -0.1) is 0 Å². The number of hydrogen-bond acceptors (Lipinski definition) is 10. The van der Waals surface area contributed by atoms with Gasteiger partial charge in [0.1, 0.15) is 22.8 Å². The molecule has 0 aromatic heterocycles. The molecule has 36 heavy (non-hydrogen) atoms. The third-order valence-electron chi connectivity index (χ3n) is 7.48. The predicted octanol–water partition coefficient (Wildman–Crippen LogP) is 0.369. The fourth-order valence-electron chi connectivity index (χ4n) is 5.89.